The number of nitrogens with zero attached hydrogens (tertiary/aromatic N) is 4. The number of aliphatic imine (C=N–C) groups is 2. The molecule has 0 aliphatic carbocycles. The van der Waals surface area contributed by atoms with E-state index in [4.69, 9.17) is 28.9 Å². The lowest BCUT2D eigenvalue weighted by molar-refractivity contribution is 0.0696. The molecule has 0 bridgehead atoms. The van der Waals surface area contributed by atoms with Gasteiger partial charge in [-0.25, -0.2) is 0 Å². The van der Waals surface area contributed by atoms with Crippen LogP contribution in [-0.4, -0.2) is 73.1 Å². The van der Waals surface area contributed by atoms with Crippen molar-refractivity contribution in [3.8, 4) is 23.0 Å². The van der Waals surface area contributed by atoms with Gasteiger partial charge < -0.3 is 28.7 Å². The Morgan fingerprint density at radius 2 is 1.26 bits per heavy atom. The lowest BCUT2D eigenvalue weighted by Gasteiger charge is -2.34. The van der Waals surface area contributed by atoms with Crippen molar-refractivity contribution in [2.24, 2.45) is 9.98 Å². The minimum absolute atomic E-state index is 0.0177. The summed E-state index contributed by atoms with van der Waals surface area (Å²) < 4.78 is 23.7. The van der Waals surface area contributed by atoms with E-state index in [9.17, 15) is 9.59 Å². The van der Waals surface area contributed by atoms with Gasteiger partial charge in [0.25, 0.3) is 11.8 Å². The molecule has 0 aromatic heterocycles. The van der Waals surface area contributed by atoms with Crippen molar-refractivity contribution in [3.05, 3.63) is 106 Å². The Kier molecular flexibility index (Phi) is 9.60. The third-order valence-electron chi connectivity index (χ3n) is 10.6. The first-order chi connectivity index (χ1) is 25.9. The van der Waals surface area contributed by atoms with Crippen molar-refractivity contribution < 1.29 is 28.5 Å². The molecule has 8 rings (SSSR count). The third-order valence-corrected chi connectivity index (χ3v) is 10.6. The highest BCUT2D eigenvalue weighted by Crippen LogP contribution is 2.39. The highest BCUT2D eigenvalue weighted by molar-refractivity contribution is 6.04. The van der Waals surface area contributed by atoms with Gasteiger partial charge in [-0.3, -0.25) is 19.6 Å². The van der Waals surface area contributed by atoms with Crippen LogP contribution in [0.3, 0.4) is 0 Å². The second kappa shape index (κ2) is 14.8. The van der Waals surface area contributed by atoms with Crippen molar-refractivity contribution in [2.45, 2.75) is 71.1 Å². The molecule has 4 aromatic rings. The van der Waals surface area contributed by atoms with E-state index in [0.29, 0.717) is 66.9 Å². The molecule has 10 nitrogen and oxygen atoms in total. The number of hydrogen-bond acceptors (Lipinski definition) is 8. The predicted molar refractivity (Wildman–Crippen MR) is 204 cm³/mol. The molecule has 0 fully saturated rings. The molecule has 0 radical (unpaired) electrons. The van der Waals surface area contributed by atoms with Gasteiger partial charge in [0.2, 0.25) is 0 Å². The number of benzene rings is 4. The van der Waals surface area contributed by atoms with Gasteiger partial charge in [0.15, 0.2) is 11.5 Å². The van der Waals surface area contributed by atoms with Crippen LogP contribution in [0.4, 0.5) is 11.4 Å². The van der Waals surface area contributed by atoms with Gasteiger partial charge in [-0.15, -0.1) is 0 Å². The van der Waals surface area contributed by atoms with E-state index in [1.807, 2.05) is 78.5 Å². The molecule has 4 aromatic carbocycles. The highest BCUT2D eigenvalue weighted by atomic mass is 16.5. The van der Waals surface area contributed by atoms with Gasteiger partial charge in [-0.2, -0.15) is 0 Å². The fourth-order valence-corrected chi connectivity index (χ4v) is 7.70. The standard InChI is InChI=1S/C43H44N4O6/c1-4-51-34-13-12-29-18-33-24-44-37-21-39(27(2)16-35(37)42(48)47(33)26-31(29)19-34)52-14-8-5-9-15-53-41-22-38-36(20-40(41)50-3)43(49)46-25-30-11-7-6-10-28(30)17-32(46)23-45-38/h6-7,10-13,16,19-24,32-33H,4-5,8-9,14-15,17-18,25-26H2,1-3H3. The average molecular weight is 713 g/mol. The van der Waals surface area contributed by atoms with Crippen LogP contribution in [0.15, 0.2) is 76.7 Å². The number of rotatable bonds is 11. The van der Waals surface area contributed by atoms with Crippen LogP contribution in [0.5, 0.6) is 23.0 Å². The zero-order valence-corrected chi connectivity index (χ0v) is 30.5. The van der Waals surface area contributed by atoms with Crippen molar-refractivity contribution in [3.63, 3.8) is 0 Å². The number of carbonyl (C=O) groups excluding carboxylic acids is 2. The fourth-order valence-electron chi connectivity index (χ4n) is 7.70. The number of fused-ring (bicyclic) bond motifs is 6. The van der Waals surface area contributed by atoms with E-state index in [1.54, 1.807) is 13.2 Å². The Morgan fingerprint density at radius 3 is 1.94 bits per heavy atom. The summed E-state index contributed by atoms with van der Waals surface area (Å²) in [5.41, 5.74) is 8.01. The molecule has 0 saturated carbocycles. The van der Waals surface area contributed by atoms with Crippen LogP contribution in [-0.2, 0) is 25.9 Å². The molecule has 2 atom stereocenters. The number of amides is 2. The van der Waals surface area contributed by atoms with Crippen molar-refractivity contribution in [1.82, 2.24) is 9.80 Å². The first-order valence-electron chi connectivity index (χ1n) is 18.5. The molecule has 0 N–H and O–H groups in total. The largest absolute Gasteiger partial charge is 0.494 e. The van der Waals surface area contributed by atoms with Crippen LogP contribution in [0.25, 0.3) is 0 Å². The van der Waals surface area contributed by atoms with E-state index in [-0.39, 0.29) is 23.9 Å². The molecule has 2 amide bonds. The topological polar surface area (TPSA) is 102 Å². The molecule has 10 heteroatoms. The van der Waals surface area contributed by atoms with Crippen LogP contribution in [0, 0.1) is 6.92 Å². The third kappa shape index (κ3) is 6.86. The second-order valence-corrected chi connectivity index (χ2v) is 14.0. The van der Waals surface area contributed by atoms with E-state index in [1.165, 1.54) is 16.7 Å². The maximum atomic E-state index is 13.8. The number of ether oxygens (including phenoxy) is 4. The van der Waals surface area contributed by atoms with Gasteiger partial charge in [-0.05, 0) is 98.0 Å². The predicted octanol–water partition coefficient (Wildman–Crippen LogP) is 7.60. The molecule has 0 saturated heterocycles. The smallest absolute Gasteiger partial charge is 0.257 e. The van der Waals surface area contributed by atoms with Crippen molar-refractivity contribution in [2.75, 3.05) is 26.9 Å². The Balaban J connectivity index is 0.849. The first-order valence-corrected chi connectivity index (χ1v) is 18.5. The zero-order valence-electron chi connectivity index (χ0n) is 30.5. The van der Waals surface area contributed by atoms with E-state index < -0.39 is 0 Å². The molecule has 4 aliphatic heterocycles. The molecule has 272 valence electrons. The lowest BCUT2D eigenvalue weighted by atomic mass is 9.93. The second-order valence-electron chi connectivity index (χ2n) is 14.0. The Morgan fingerprint density at radius 1 is 0.660 bits per heavy atom. The maximum Gasteiger partial charge on any atom is 0.257 e. The molecule has 53 heavy (non-hydrogen) atoms. The summed E-state index contributed by atoms with van der Waals surface area (Å²) in [4.78, 5) is 40.8. The Labute approximate surface area is 310 Å². The van der Waals surface area contributed by atoms with Gasteiger partial charge in [0.05, 0.1) is 61.5 Å². The summed E-state index contributed by atoms with van der Waals surface area (Å²) >= 11 is 0. The summed E-state index contributed by atoms with van der Waals surface area (Å²) in [7, 11) is 1.59. The monoisotopic (exact) mass is 712 g/mol. The van der Waals surface area contributed by atoms with Gasteiger partial charge in [0, 0.05) is 37.7 Å². The number of carbonyl (C=O) groups is 2. The number of unbranched alkanes of at least 4 members (excludes halogenated alkanes) is 2. The molecule has 4 heterocycles. The molecule has 4 aliphatic rings. The molecular weight excluding hydrogens is 668 g/mol. The maximum absolute atomic E-state index is 13.8. The first kappa shape index (κ1) is 34.4. The lowest BCUT2D eigenvalue weighted by Crippen LogP contribution is -2.44. The van der Waals surface area contributed by atoms with Crippen LogP contribution in [0.2, 0.25) is 0 Å². The summed E-state index contributed by atoms with van der Waals surface area (Å²) in [6, 6.07) is 21.6. The normalized spacial score (nSPS) is 18.1. The zero-order chi connectivity index (χ0) is 36.5. The summed E-state index contributed by atoms with van der Waals surface area (Å²) in [5.74, 6) is 2.58. The minimum atomic E-state index is -0.103. The average Bonchev–Trinajstić information content (AvgIpc) is 3.38. The van der Waals surface area contributed by atoms with E-state index in [2.05, 4.69) is 18.2 Å². The minimum Gasteiger partial charge on any atom is -0.494 e. The Hall–Kier alpha value is -5.64. The van der Waals surface area contributed by atoms with Gasteiger partial charge >= 0.3 is 0 Å². The van der Waals surface area contributed by atoms with Crippen molar-refractivity contribution >= 4 is 35.6 Å². The van der Waals surface area contributed by atoms with E-state index >= 15 is 0 Å². The van der Waals surface area contributed by atoms with Gasteiger partial charge in [0.1, 0.15) is 11.5 Å². The molecule has 0 spiro atoms. The van der Waals surface area contributed by atoms with Crippen LogP contribution in [0.1, 0.15) is 74.7 Å². The number of methoxy groups -OCH3 is 1. The molecular formula is C43H44N4O6. The van der Waals surface area contributed by atoms with Crippen LogP contribution < -0.4 is 18.9 Å². The summed E-state index contributed by atoms with van der Waals surface area (Å²) in [6.07, 6.45) is 7.79. The number of hydrogen-bond donors (Lipinski definition) is 0. The Bertz CT molecular complexity index is 2130. The molecule has 2 unspecified atom stereocenters. The summed E-state index contributed by atoms with van der Waals surface area (Å²) in [5, 5.41) is 0. The quantitative estimate of drug-likeness (QED) is 0.149. The fraction of sp³-hybridized carbons (Fsp3) is 0.349. The van der Waals surface area contributed by atoms with E-state index in [0.717, 1.165) is 54.7 Å². The number of aryl methyl sites for hydroxylation is 1. The van der Waals surface area contributed by atoms with Gasteiger partial charge in [-0.1, -0.05) is 30.3 Å². The SMILES string of the molecule is CCOc1ccc2c(c1)CN1C(=O)c3cc(C)c(OCCCCCOc4cc5c(cc4OC)C(=O)N4Cc6ccccc6CC4C=N5)cc3N=CC1C2. The van der Waals surface area contributed by atoms with Crippen molar-refractivity contribution in [1.29, 1.82) is 0 Å². The van der Waals surface area contributed by atoms with Crippen LogP contribution >= 0.6 is 0 Å². The highest BCUT2D eigenvalue weighted by Gasteiger charge is 2.34. The summed E-state index contributed by atoms with van der Waals surface area (Å²) in [6.45, 7) is 6.64.